The third-order valence-electron chi connectivity index (χ3n) is 11.7. The molecule has 0 N–H and O–H groups in total. The molecule has 0 atom stereocenters. The van der Waals surface area contributed by atoms with Crippen molar-refractivity contribution in [2.24, 2.45) is 0 Å². The minimum atomic E-state index is -1.95. The molecule has 0 amide bonds. The molecule has 354 valence electrons. The van der Waals surface area contributed by atoms with Crippen molar-refractivity contribution in [3.63, 3.8) is 0 Å². The summed E-state index contributed by atoms with van der Waals surface area (Å²) in [5.74, 6) is -2.94. The van der Waals surface area contributed by atoms with Gasteiger partial charge in [-0.25, -0.2) is 13.3 Å². The Labute approximate surface area is 391 Å². The summed E-state index contributed by atoms with van der Waals surface area (Å²) in [6.45, 7) is 6.94. The zero-order valence-electron chi connectivity index (χ0n) is 39.9. The minimum Gasteiger partial charge on any atom is -0.545 e. The fourth-order valence-electron chi connectivity index (χ4n) is 7.86. The van der Waals surface area contributed by atoms with Gasteiger partial charge in [-0.2, -0.15) is 0 Å². The van der Waals surface area contributed by atoms with Gasteiger partial charge in [-0.05, 0) is 25.0 Å². The fraction of sp³-hybridized carbons (Fsp3) is 0.571. The number of carbonyl (C=O) groups is 2. The predicted octanol–water partition coefficient (Wildman–Crippen LogP) is 12.5. The van der Waals surface area contributed by atoms with Crippen LogP contribution >= 0.6 is 0 Å². The van der Waals surface area contributed by atoms with Gasteiger partial charge in [0.25, 0.3) is 0 Å². The number of nitrogens with zero attached hydrogens (tertiary/aromatic N) is 2. The third-order valence-corrected chi connectivity index (χ3v) is 13.2. The van der Waals surface area contributed by atoms with E-state index in [-0.39, 0.29) is 20.9 Å². The number of carboxylic acid groups (broad SMARTS) is 2. The molecule has 0 unspecified atom stereocenters. The van der Waals surface area contributed by atoms with Gasteiger partial charge >= 0.3 is 0 Å². The molecule has 0 bridgehead atoms. The lowest BCUT2D eigenvalue weighted by Crippen LogP contribution is -2.32. The summed E-state index contributed by atoms with van der Waals surface area (Å²) in [5.41, 5.74) is -0.474. The SMILES string of the molecule is CCCCCCCCCCCCCCCC[n+]1ccccc1.CCCCCCCCCCCCCCCC[n+]1ccccc1.O=C([O-])c1ccccc1S(=O)c1ccccc1C(=O)[O-]. The van der Waals surface area contributed by atoms with Gasteiger partial charge in [-0.3, -0.25) is 0 Å². The van der Waals surface area contributed by atoms with Crippen molar-refractivity contribution < 1.29 is 33.1 Å². The lowest BCUT2D eigenvalue weighted by Gasteiger charge is -2.13. The first-order valence-corrected chi connectivity index (χ1v) is 26.4. The van der Waals surface area contributed by atoms with Crippen LogP contribution in [0.25, 0.3) is 0 Å². The van der Waals surface area contributed by atoms with Gasteiger partial charge in [0, 0.05) is 48.2 Å². The maximum atomic E-state index is 12.4. The Balaban J connectivity index is 0.000000330. The van der Waals surface area contributed by atoms with E-state index in [1.165, 1.54) is 241 Å². The average Bonchev–Trinajstić information content (AvgIpc) is 3.32. The van der Waals surface area contributed by atoms with Crippen LogP contribution in [-0.4, -0.2) is 16.1 Å². The molecule has 0 aliphatic rings. The Bertz CT molecular complexity index is 1630. The smallest absolute Gasteiger partial charge is 0.168 e. The minimum absolute atomic E-state index is 0.0128. The van der Waals surface area contributed by atoms with E-state index in [4.69, 9.17) is 0 Å². The molecule has 2 aromatic heterocycles. The molecule has 64 heavy (non-hydrogen) atoms. The number of unbranched alkanes of at least 4 members (excludes halogenated alkanes) is 26. The Kier molecular flexibility index (Phi) is 34.3. The number of hydrogen-bond donors (Lipinski definition) is 0. The van der Waals surface area contributed by atoms with Gasteiger partial charge in [0.15, 0.2) is 24.8 Å². The summed E-state index contributed by atoms with van der Waals surface area (Å²) in [4.78, 5) is 22.0. The van der Waals surface area contributed by atoms with E-state index in [0.717, 1.165) is 0 Å². The van der Waals surface area contributed by atoms with Gasteiger partial charge in [0.2, 0.25) is 0 Å². The Morgan fingerprint density at radius 3 is 0.891 bits per heavy atom. The molecule has 2 heterocycles. The molecule has 0 aliphatic carbocycles. The van der Waals surface area contributed by atoms with Crippen molar-refractivity contribution in [3.05, 3.63) is 121 Å². The number of aromatic nitrogens is 2. The van der Waals surface area contributed by atoms with Gasteiger partial charge in [0.1, 0.15) is 13.1 Å². The summed E-state index contributed by atoms with van der Waals surface area (Å²) in [7, 11) is -1.95. The zero-order valence-corrected chi connectivity index (χ0v) is 40.8. The molecular weight excluding hydrogens is 813 g/mol. The monoisotopic (exact) mass is 897 g/mol. The highest BCUT2D eigenvalue weighted by Gasteiger charge is 2.16. The van der Waals surface area contributed by atoms with Crippen molar-refractivity contribution in [1.29, 1.82) is 0 Å². The topological polar surface area (TPSA) is 105 Å². The van der Waals surface area contributed by atoms with Crippen LogP contribution in [-0.2, 0) is 23.9 Å². The highest BCUT2D eigenvalue weighted by molar-refractivity contribution is 7.85. The number of hydrogen-bond acceptors (Lipinski definition) is 5. The molecule has 0 fully saturated rings. The fourth-order valence-corrected chi connectivity index (χ4v) is 9.20. The Morgan fingerprint density at radius 2 is 0.625 bits per heavy atom. The van der Waals surface area contributed by atoms with E-state index in [1.807, 2.05) is 0 Å². The maximum absolute atomic E-state index is 12.4. The predicted molar refractivity (Wildman–Crippen MR) is 260 cm³/mol. The van der Waals surface area contributed by atoms with E-state index in [2.05, 4.69) is 84.2 Å². The van der Waals surface area contributed by atoms with Crippen LogP contribution in [0.3, 0.4) is 0 Å². The van der Waals surface area contributed by atoms with Crippen molar-refractivity contribution in [1.82, 2.24) is 0 Å². The van der Waals surface area contributed by atoms with Crippen LogP contribution in [0.2, 0.25) is 0 Å². The quantitative estimate of drug-likeness (QED) is 0.0343. The third kappa shape index (κ3) is 27.9. The molecule has 2 aromatic carbocycles. The van der Waals surface area contributed by atoms with Crippen molar-refractivity contribution in [2.75, 3.05) is 0 Å². The number of aryl methyl sites for hydroxylation is 2. The molecular formula is C56H84N2O5S. The van der Waals surface area contributed by atoms with Crippen molar-refractivity contribution in [2.45, 2.75) is 217 Å². The highest BCUT2D eigenvalue weighted by atomic mass is 32.2. The molecule has 0 aliphatic heterocycles. The van der Waals surface area contributed by atoms with Crippen LogP contribution in [0.1, 0.15) is 214 Å². The van der Waals surface area contributed by atoms with Crippen molar-refractivity contribution in [3.8, 4) is 0 Å². The number of carbonyl (C=O) groups excluding carboxylic acids is 2. The molecule has 0 spiro atoms. The largest absolute Gasteiger partial charge is 0.545 e. The Hall–Kier alpha value is -4.17. The molecule has 0 saturated carbocycles. The van der Waals surface area contributed by atoms with E-state index in [1.54, 1.807) is 0 Å². The molecule has 8 heteroatoms. The number of carboxylic acids is 2. The lowest BCUT2D eigenvalue weighted by atomic mass is 10.0. The second kappa shape index (κ2) is 39.2. The molecule has 0 radical (unpaired) electrons. The second-order valence-corrected chi connectivity index (χ2v) is 18.7. The van der Waals surface area contributed by atoms with E-state index in [0.29, 0.717) is 0 Å². The van der Waals surface area contributed by atoms with Gasteiger partial charge < -0.3 is 19.8 Å². The summed E-state index contributed by atoms with van der Waals surface area (Å²) < 4.78 is 17.0. The number of aromatic carboxylic acids is 2. The molecule has 4 aromatic rings. The zero-order chi connectivity index (χ0) is 46.1. The van der Waals surface area contributed by atoms with Gasteiger partial charge in [-0.1, -0.05) is 216 Å². The number of pyridine rings is 2. The first kappa shape index (κ1) is 56.0. The lowest BCUT2D eigenvalue weighted by molar-refractivity contribution is -0.697. The standard InChI is InChI=1S/2C21H38N.C14H10O5S/c2*1-2-3-4-5-6-7-8-9-10-11-12-13-14-16-19-22-20-17-15-18-21-22;15-13(16)9-5-1-3-7-11(9)20(19)12-8-4-2-6-10(12)14(17)18/h2*15,17-18,20-21H,2-14,16,19H2,1H3;1-8H,(H,15,16)(H,17,18)/q2*+1;/p-2. The van der Waals surface area contributed by atoms with Crippen LogP contribution in [0.5, 0.6) is 0 Å². The highest BCUT2D eigenvalue weighted by Crippen LogP contribution is 2.23. The summed E-state index contributed by atoms with van der Waals surface area (Å²) in [5, 5.41) is 22.0. The Morgan fingerprint density at radius 1 is 0.375 bits per heavy atom. The normalized spacial score (nSPS) is 10.8. The van der Waals surface area contributed by atoms with Crippen molar-refractivity contribution >= 4 is 22.7 Å². The van der Waals surface area contributed by atoms with Gasteiger partial charge in [-0.15, -0.1) is 0 Å². The first-order chi connectivity index (χ1) is 31.4. The number of benzene rings is 2. The van der Waals surface area contributed by atoms with Crippen LogP contribution in [0, 0.1) is 0 Å². The second-order valence-electron chi connectivity index (χ2n) is 17.3. The maximum Gasteiger partial charge on any atom is 0.168 e. The number of rotatable bonds is 34. The van der Waals surface area contributed by atoms with E-state index < -0.39 is 22.7 Å². The average molecular weight is 897 g/mol. The molecule has 0 saturated heterocycles. The summed E-state index contributed by atoms with van der Waals surface area (Å²) in [6, 6.07) is 23.8. The first-order valence-electron chi connectivity index (χ1n) is 25.3. The van der Waals surface area contributed by atoms with Gasteiger partial charge in [0.05, 0.1) is 32.5 Å². The van der Waals surface area contributed by atoms with Crippen LogP contribution in [0.15, 0.2) is 120 Å². The molecule has 4 rings (SSSR count). The van der Waals surface area contributed by atoms with Crippen LogP contribution in [0.4, 0.5) is 0 Å². The van der Waals surface area contributed by atoms with E-state index in [9.17, 15) is 24.0 Å². The van der Waals surface area contributed by atoms with Crippen LogP contribution < -0.4 is 19.3 Å². The summed E-state index contributed by atoms with van der Waals surface area (Å²) in [6.07, 6.45) is 48.8. The van der Waals surface area contributed by atoms with E-state index >= 15 is 0 Å². The summed E-state index contributed by atoms with van der Waals surface area (Å²) >= 11 is 0. The molecule has 7 nitrogen and oxygen atoms in total.